The first-order chi connectivity index (χ1) is 6.95. The Morgan fingerprint density at radius 2 is 1.33 bits per heavy atom. The van der Waals surface area contributed by atoms with Crippen molar-refractivity contribution in [3.05, 3.63) is 0 Å². The highest BCUT2D eigenvalue weighted by Crippen LogP contribution is 2.08. The van der Waals surface area contributed by atoms with Crippen LogP contribution in [0.3, 0.4) is 0 Å². The van der Waals surface area contributed by atoms with Gasteiger partial charge in [0.1, 0.15) is 30.5 Å². The Bertz CT molecular complexity index is 169. The van der Waals surface area contributed by atoms with Crippen molar-refractivity contribution in [3.63, 3.8) is 0 Å². The molecule has 0 saturated heterocycles. The summed E-state index contributed by atoms with van der Waals surface area (Å²) >= 11 is 0. The van der Waals surface area contributed by atoms with E-state index in [1.165, 1.54) is 0 Å². The van der Waals surface area contributed by atoms with Gasteiger partial charge in [-0.15, -0.1) is 0 Å². The summed E-state index contributed by atoms with van der Waals surface area (Å²) in [6.07, 6.45) is -8.47. The fourth-order valence-corrected chi connectivity index (χ4v) is 0.962. The molecule has 0 aromatic rings. The fraction of sp³-hybridized carbons (Fsp3) is 1.00. The molecule has 5 unspecified atom stereocenters. The normalized spacial score (nSPS) is 21.8. The van der Waals surface area contributed by atoms with E-state index in [0.717, 1.165) is 0 Å². The van der Waals surface area contributed by atoms with Gasteiger partial charge in [-0.2, -0.15) is 0 Å². The molecule has 8 N–H and O–H groups in total. The van der Waals surface area contributed by atoms with Crippen molar-refractivity contribution in [1.82, 2.24) is 0 Å². The van der Waals surface area contributed by atoms with Crippen LogP contribution in [0.5, 0.6) is 0 Å². The van der Waals surface area contributed by atoms with Gasteiger partial charge in [-0.3, -0.25) is 0 Å². The molecule has 0 amide bonds. The maximum atomic E-state index is 9.26. The molecule has 0 heterocycles. The van der Waals surface area contributed by atoms with Crippen molar-refractivity contribution < 1.29 is 35.5 Å². The molecule has 92 valence electrons. The molecule has 8 heteroatoms. The smallest absolute Gasteiger partial charge is 0.111 e. The highest BCUT2D eigenvalue weighted by molar-refractivity contribution is 4.84. The second-order valence-corrected chi connectivity index (χ2v) is 3.12. The first kappa shape index (κ1) is 14.7. The molecule has 0 aliphatic rings. The van der Waals surface area contributed by atoms with Crippen LogP contribution in [0, 0.1) is 0 Å². The monoisotopic (exact) mass is 227 g/mol. The Morgan fingerprint density at radius 3 is 1.73 bits per heavy atom. The van der Waals surface area contributed by atoms with E-state index in [2.05, 4.69) is 10.7 Å². The Kier molecular flexibility index (Phi) is 6.89. The standard InChI is InChI=1S/C7H17NO7/c8-15-2-4(11)6(13)7(14)5(12)3(10)1-9/h3-7,9-14H,1-2,8H2. The maximum absolute atomic E-state index is 9.26. The van der Waals surface area contributed by atoms with Crippen molar-refractivity contribution in [2.75, 3.05) is 13.2 Å². The Labute approximate surface area is 86.1 Å². The molecule has 0 rings (SSSR count). The average Bonchev–Trinajstić information content (AvgIpc) is 2.25. The highest BCUT2D eigenvalue weighted by atomic mass is 16.6. The van der Waals surface area contributed by atoms with E-state index in [-0.39, 0.29) is 0 Å². The molecule has 0 radical (unpaired) electrons. The molecular weight excluding hydrogens is 210 g/mol. The lowest BCUT2D eigenvalue weighted by Crippen LogP contribution is -2.51. The summed E-state index contributed by atoms with van der Waals surface area (Å²) in [5.74, 6) is 4.62. The third-order valence-corrected chi connectivity index (χ3v) is 1.94. The van der Waals surface area contributed by atoms with Crippen molar-refractivity contribution >= 4 is 0 Å². The summed E-state index contributed by atoms with van der Waals surface area (Å²) < 4.78 is 0. The van der Waals surface area contributed by atoms with Crippen LogP contribution < -0.4 is 5.90 Å². The topological polar surface area (TPSA) is 157 Å². The van der Waals surface area contributed by atoms with E-state index in [9.17, 15) is 15.3 Å². The summed E-state index contributed by atoms with van der Waals surface area (Å²) in [6.45, 7) is -1.23. The first-order valence-corrected chi connectivity index (χ1v) is 4.28. The van der Waals surface area contributed by atoms with Crippen molar-refractivity contribution in [3.8, 4) is 0 Å². The summed E-state index contributed by atoms with van der Waals surface area (Å²) in [6, 6.07) is 0. The zero-order valence-electron chi connectivity index (χ0n) is 7.97. The lowest BCUT2D eigenvalue weighted by Gasteiger charge is -2.27. The molecule has 0 saturated carbocycles. The summed E-state index contributed by atoms with van der Waals surface area (Å²) in [5.41, 5.74) is 0. The summed E-state index contributed by atoms with van der Waals surface area (Å²) in [7, 11) is 0. The molecule has 0 aromatic heterocycles. The van der Waals surface area contributed by atoms with Crippen LogP contribution >= 0.6 is 0 Å². The number of aliphatic hydroxyl groups is 6. The second-order valence-electron chi connectivity index (χ2n) is 3.12. The van der Waals surface area contributed by atoms with Crippen molar-refractivity contribution in [2.24, 2.45) is 5.90 Å². The SMILES string of the molecule is NOCC(O)C(O)C(O)C(O)C(O)CO. The average molecular weight is 227 g/mol. The zero-order valence-corrected chi connectivity index (χ0v) is 7.97. The second kappa shape index (κ2) is 7.04. The number of hydrogen-bond acceptors (Lipinski definition) is 8. The molecule has 0 aliphatic heterocycles. The van der Waals surface area contributed by atoms with Crippen LogP contribution in [0.2, 0.25) is 0 Å². The predicted molar refractivity (Wildman–Crippen MR) is 47.3 cm³/mol. The molecule has 0 aliphatic carbocycles. The Morgan fingerprint density at radius 1 is 0.867 bits per heavy atom. The quantitative estimate of drug-likeness (QED) is 0.215. The van der Waals surface area contributed by atoms with Gasteiger partial charge in [-0.25, -0.2) is 5.90 Å². The van der Waals surface area contributed by atoms with E-state index in [4.69, 9.17) is 15.3 Å². The zero-order chi connectivity index (χ0) is 12.0. The summed E-state index contributed by atoms with van der Waals surface area (Å²) in [4.78, 5) is 4.03. The molecular formula is C7H17NO7. The first-order valence-electron chi connectivity index (χ1n) is 4.28. The minimum absolute atomic E-state index is 0.444. The van der Waals surface area contributed by atoms with Gasteiger partial charge in [0.25, 0.3) is 0 Å². The third kappa shape index (κ3) is 4.36. The minimum Gasteiger partial charge on any atom is -0.394 e. The van der Waals surface area contributed by atoms with Gasteiger partial charge in [0, 0.05) is 0 Å². The largest absolute Gasteiger partial charge is 0.394 e. The maximum Gasteiger partial charge on any atom is 0.111 e. The molecule has 0 fully saturated rings. The van der Waals surface area contributed by atoms with Gasteiger partial charge in [-0.05, 0) is 0 Å². The predicted octanol–water partition coefficient (Wildman–Crippen LogP) is -4.33. The summed E-state index contributed by atoms with van der Waals surface area (Å²) in [5, 5.41) is 54.2. The van der Waals surface area contributed by atoms with Crippen LogP contribution in [-0.4, -0.2) is 74.4 Å². The fourth-order valence-electron chi connectivity index (χ4n) is 0.962. The van der Waals surface area contributed by atoms with Gasteiger partial charge in [0.15, 0.2) is 0 Å². The molecule has 15 heavy (non-hydrogen) atoms. The molecule has 0 bridgehead atoms. The number of nitrogens with two attached hydrogens (primary N) is 1. The van der Waals surface area contributed by atoms with Gasteiger partial charge >= 0.3 is 0 Å². The van der Waals surface area contributed by atoms with Gasteiger partial charge in [-0.1, -0.05) is 0 Å². The lowest BCUT2D eigenvalue weighted by atomic mass is 10.00. The molecule has 8 nitrogen and oxygen atoms in total. The molecule has 5 atom stereocenters. The van der Waals surface area contributed by atoms with Gasteiger partial charge in [0.05, 0.1) is 13.2 Å². The highest BCUT2D eigenvalue weighted by Gasteiger charge is 2.33. The van der Waals surface area contributed by atoms with Crippen molar-refractivity contribution in [1.29, 1.82) is 0 Å². The van der Waals surface area contributed by atoms with Crippen LogP contribution in [0.25, 0.3) is 0 Å². The number of aliphatic hydroxyl groups excluding tert-OH is 6. The third-order valence-electron chi connectivity index (χ3n) is 1.94. The number of rotatable bonds is 7. The van der Waals surface area contributed by atoms with E-state index < -0.39 is 43.7 Å². The van der Waals surface area contributed by atoms with Crippen molar-refractivity contribution in [2.45, 2.75) is 30.5 Å². The van der Waals surface area contributed by atoms with E-state index >= 15 is 0 Å². The van der Waals surface area contributed by atoms with Crippen LogP contribution in [0.15, 0.2) is 0 Å². The van der Waals surface area contributed by atoms with E-state index in [0.29, 0.717) is 0 Å². The minimum atomic E-state index is -1.82. The van der Waals surface area contributed by atoms with Crippen LogP contribution in [0.4, 0.5) is 0 Å². The van der Waals surface area contributed by atoms with Gasteiger partial charge < -0.3 is 35.5 Å². The Hall–Kier alpha value is -0.320. The van der Waals surface area contributed by atoms with Crippen LogP contribution in [-0.2, 0) is 4.84 Å². The molecule has 0 aromatic carbocycles. The Balaban J connectivity index is 4.22. The van der Waals surface area contributed by atoms with E-state index in [1.807, 2.05) is 0 Å². The van der Waals surface area contributed by atoms with E-state index in [1.54, 1.807) is 0 Å². The molecule has 0 spiro atoms. The van der Waals surface area contributed by atoms with Gasteiger partial charge in [0.2, 0.25) is 0 Å². The number of hydrogen-bond donors (Lipinski definition) is 7. The van der Waals surface area contributed by atoms with Crippen LogP contribution in [0.1, 0.15) is 0 Å². The lowest BCUT2D eigenvalue weighted by molar-refractivity contribution is -0.149.